The van der Waals surface area contributed by atoms with Gasteiger partial charge in [0.25, 0.3) is 0 Å². The minimum atomic E-state index is -0.937. The summed E-state index contributed by atoms with van der Waals surface area (Å²) in [6.07, 6.45) is -1.03. The van der Waals surface area contributed by atoms with Crippen molar-refractivity contribution in [3.05, 3.63) is 52.5 Å². The van der Waals surface area contributed by atoms with Crippen LogP contribution in [0.15, 0.2) is 36.4 Å². The molecule has 0 fully saturated rings. The highest BCUT2D eigenvalue weighted by Crippen LogP contribution is 2.40. The Morgan fingerprint density at radius 3 is 2.17 bits per heavy atom. The van der Waals surface area contributed by atoms with Crippen LogP contribution < -0.4 is 14.2 Å². The summed E-state index contributed by atoms with van der Waals surface area (Å²) in [6.45, 7) is 0. The van der Waals surface area contributed by atoms with E-state index in [4.69, 9.17) is 25.8 Å². The number of benzene rings is 2. The molecule has 128 valence electrons. The molecule has 0 aliphatic rings. The smallest absolute Gasteiger partial charge is 0.204 e. The average molecular weight is 351 g/mol. The van der Waals surface area contributed by atoms with Crippen LogP contribution in [-0.4, -0.2) is 32.2 Å². The Morgan fingerprint density at radius 1 is 1.00 bits per heavy atom. The molecular weight excluding hydrogens is 332 g/mol. The number of ether oxygens (including phenoxy) is 3. The second-order valence-corrected chi connectivity index (χ2v) is 5.51. The lowest BCUT2D eigenvalue weighted by molar-refractivity contribution is 0.0876. The second kappa shape index (κ2) is 8.04. The largest absolute Gasteiger partial charge is 0.493 e. The summed E-state index contributed by atoms with van der Waals surface area (Å²) < 4.78 is 15.8. The number of methoxy groups -OCH3 is 3. The molecule has 1 unspecified atom stereocenters. The van der Waals surface area contributed by atoms with Gasteiger partial charge in [0, 0.05) is 11.4 Å². The molecule has 2 aromatic carbocycles. The van der Waals surface area contributed by atoms with Crippen molar-refractivity contribution in [1.29, 1.82) is 0 Å². The van der Waals surface area contributed by atoms with Gasteiger partial charge in [-0.3, -0.25) is 4.79 Å². The van der Waals surface area contributed by atoms with Crippen LogP contribution >= 0.6 is 11.6 Å². The van der Waals surface area contributed by atoms with Crippen molar-refractivity contribution in [1.82, 2.24) is 0 Å². The average Bonchev–Trinajstić information content (AvgIpc) is 2.60. The molecule has 0 saturated heterocycles. The van der Waals surface area contributed by atoms with E-state index in [-0.39, 0.29) is 18.0 Å². The van der Waals surface area contributed by atoms with E-state index in [1.54, 1.807) is 36.4 Å². The lowest BCUT2D eigenvalue weighted by Gasteiger charge is -2.16. The molecule has 2 aromatic rings. The van der Waals surface area contributed by atoms with Crippen molar-refractivity contribution in [3.8, 4) is 17.2 Å². The van der Waals surface area contributed by atoms with Gasteiger partial charge in [-0.25, -0.2) is 0 Å². The Bertz CT molecular complexity index is 712. The highest BCUT2D eigenvalue weighted by atomic mass is 35.5. The van der Waals surface area contributed by atoms with Crippen molar-refractivity contribution in [3.63, 3.8) is 0 Å². The molecule has 0 heterocycles. The minimum Gasteiger partial charge on any atom is -0.493 e. The van der Waals surface area contributed by atoms with Gasteiger partial charge in [-0.1, -0.05) is 23.7 Å². The molecule has 24 heavy (non-hydrogen) atoms. The highest BCUT2D eigenvalue weighted by molar-refractivity contribution is 6.30. The molecule has 0 amide bonds. The Kier molecular flexibility index (Phi) is 6.06. The lowest BCUT2D eigenvalue weighted by Crippen LogP contribution is -2.09. The Labute approximate surface area is 145 Å². The topological polar surface area (TPSA) is 65.0 Å². The summed E-state index contributed by atoms with van der Waals surface area (Å²) in [7, 11) is 4.42. The zero-order chi connectivity index (χ0) is 17.7. The van der Waals surface area contributed by atoms with Crippen molar-refractivity contribution in [2.45, 2.75) is 12.5 Å². The first-order chi connectivity index (χ1) is 11.5. The van der Waals surface area contributed by atoms with E-state index in [0.29, 0.717) is 27.6 Å². The van der Waals surface area contributed by atoms with Crippen LogP contribution in [0.4, 0.5) is 0 Å². The fraction of sp³-hybridized carbons (Fsp3) is 0.278. The molecule has 0 radical (unpaired) electrons. The maximum absolute atomic E-state index is 12.6. The van der Waals surface area contributed by atoms with Gasteiger partial charge in [-0.15, -0.1) is 0 Å². The van der Waals surface area contributed by atoms with E-state index in [9.17, 15) is 9.90 Å². The van der Waals surface area contributed by atoms with Crippen molar-refractivity contribution in [2.75, 3.05) is 21.3 Å². The Balaban J connectivity index is 2.27. The predicted octanol–water partition coefficient (Wildman–Crippen LogP) is 3.67. The maximum atomic E-state index is 12.6. The van der Waals surface area contributed by atoms with E-state index in [0.717, 1.165) is 0 Å². The molecule has 1 N–H and O–H groups in total. The fourth-order valence-corrected chi connectivity index (χ4v) is 2.54. The van der Waals surface area contributed by atoms with E-state index in [1.165, 1.54) is 21.3 Å². The number of aliphatic hydroxyl groups excluding tert-OH is 1. The summed E-state index contributed by atoms with van der Waals surface area (Å²) in [4.78, 5) is 12.6. The van der Waals surface area contributed by atoms with Gasteiger partial charge in [-0.05, 0) is 29.8 Å². The zero-order valence-corrected chi connectivity index (χ0v) is 14.5. The number of Topliss-reactive ketones (excluding diaryl/α,β-unsaturated/α-hetero) is 1. The monoisotopic (exact) mass is 350 g/mol. The first-order valence-corrected chi connectivity index (χ1v) is 7.65. The van der Waals surface area contributed by atoms with Gasteiger partial charge in [0.15, 0.2) is 17.3 Å². The summed E-state index contributed by atoms with van der Waals surface area (Å²) >= 11 is 5.83. The summed E-state index contributed by atoms with van der Waals surface area (Å²) in [5, 5.41) is 10.8. The Hall–Kier alpha value is -2.24. The number of rotatable bonds is 7. The minimum absolute atomic E-state index is 0.0898. The molecule has 0 bridgehead atoms. The molecule has 0 aliphatic heterocycles. The standard InChI is InChI=1S/C18H19ClO5/c1-22-16-9-8-13(17(23-2)18(16)24-3)15(21)10-14(20)11-4-6-12(19)7-5-11/h4-9,14,20H,10H2,1-3H3. The van der Waals surface area contributed by atoms with Crippen molar-refractivity contribution >= 4 is 17.4 Å². The lowest BCUT2D eigenvalue weighted by atomic mass is 9.99. The summed E-state index contributed by atoms with van der Waals surface area (Å²) in [5.74, 6) is 0.816. The third-order valence-corrected chi connectivity index (χ3v) is 3.89. The third-order valence-electron chi connectivity index (χ3n) is 3.64. The molecule has 2 rings (SSSR count). The molecule has 6 heteroatoms. The van der Waals surface area contributed by atoms with Crippen LogP contribution in [0, 0.1) is 0 Å². The van der Waals surface area contributed by atoms with Crippen LogP contribution in [0.1, 0.15) is 28.4 Å². The molecular formula is C18H19ClO5. The molecule has 0 aliphatic carbocycles. The van der Waals surface area contributed by atoms with Gasteiger partial charge >= 0.3 is 0 Å². The predicted molar refractivity (Wildman–Crippen MR) is 91.5 cm³/mol. The second-order valence-electron chi connectivity index (χ2n) is 5.08. The van der Waals surface area contributed by atoms with Gasteiger partial charge in [0.2, 0.25) is 5.75 Å². The van der Waals surface area contributed by atoms with Crippen LogP contribution in [0.3, 0.4) is 0 Å². The SMILES string of the molecule is COc1ccc(C(=O)CC(O)c2ccc(Cl)cc2)c(OC)c1OC. The molecule has 0 aromatic heterocycles. The molecule has 0 saturated carbocycles. The van der Waals surface area contributed by atoms with Crippen LogP contribution in [0.2, 0.25) is 5.02 Å². The maximum Gasteiger partial charge on any atom is 0.204 e. The number of aliphatic hydroxyl groups is 1. The molecule has 5 nitrogen and oxygen atoms in total. The van der Waals surface area contributed by atoms with Crippen molar-refractivity contribution < 1.29 is 24.1 Å². The number of carbonyl (C=O) groups is 1. The summed E-state index contributed by atoms with van der Waals surface area (Å²) in [6, 6.07) is 9.93. The first kappa shape index (κ1) is 18.1. The highest BCUT2D eigenvalue weighted by Gasteiger charge is 2.23. The van der Waals surface area contributed by atoms with Gasteiger partial charge in [-0.2, -0.15) is 0 Å². The van der Waals surface area contributed by atoms with Gasteiger partial charge < -0.3 is 19.3 Å². The van der Waals surface area contributed by atoms with Gasteiger partial charge in [0.05, 0.1) is 33.0 Å². The molecule has 1 atom stereocenters. The van der Waals surface area contributed by atoms with Crippen LogP contribution in [0.25, 0.3) is 0 Å². The third kappa shape index (κ3) is 3.80. The number of carbonyl (C=O) groups excluding carboxylic acids is 1. The normalized spacial score (nSPS) is 11.7. The van der Waals surface area contributed by atoms with E-state index in [1.807, 2.05) is 0 Å². The van der Waals surface area contributed by atoms with Crippen molar-refractivity contribution in [2.24, 2.45) is 0 Å². The van der Waals surface area contributed by atoms with Crippen LogP contribution in [0.5, 0.6) is 17.2 Å². The van der Waals surface area contributed by atoms with E-state index < -0.39 is 6.10 Å². The van der Waals surface area contributed by atoms with Crippen LogP contribution in [-0.2, 0) is 0 Å². The quantitative estimate of drug-likeness (QED) is 0.772. The zero-order valence-electron chi connectivity index (χ0n) is 13.7. The molecule has 0 spiro atoms. The number of hydrogen-bond donors (Lipinski definition) is 1. The fourth-order valence-electron chi connectivity index (χ4n) is 2.41. The van der Waals surface area contributed by atoms with Gasteiger partial charge in [0.1, 0.15) is 0 Å². The number of ketones is 1. The Morgan fingerprint density at radius 2 is 1.62 bits per heavy atom. The first-order valence-electron chi connectivity index (χ1n) is 7.27. The number of hydrogen-bond acceptors (Lipinski definition) is 5. The van der Waals surface area contributed by atoms with E-state index in [2.05, 4.69) is 0 Å². The van der Waals surface area contributed by atoms with E-state index >= 15 is 0 Å². The summed E-state index contributed by atoms with van der Waals surface area (Å²) in [5.41, 5.74) is 0.940. The number of halogens is 1.